The second kappa shape index (κ2) is 8.25. The van der Waals surface area contributed by atoms with Crippen molar-refractivity contribution in [1.82, 2.24) is 9.88 Å². The number of amides is 2. The fourth-order valence-corrected chi connectivity index (χ4v) is 5.29. The van der Waals surface area contributed by atoms with Crippen LogP contribution in [0.2, 0.25) is 0 Å². The lowest BCUT2D eigenvalue weighted by atomic mass is 9.93. The maximum Gasteiger partial charge on any atom is 0.275 e. The minimum atomic E-state index is -1.06. The summed E-state index contributed by atoms with van der Waals surface area (Å²) < 4.78 is 7.40. The van der Waals surface area contributed by atoms with Crippen LogP contribution < -0.4 is 15.0 Å². The van der Waals surface area contributed by atoms with E-state index in [2.05, 4.69) is 12.2 Å². The van der Waals surface area contributed by atoms with Crippen molar-refractivity contribution < 1.29 is 14.3 Å². The molecule has 172 valence electrons. The van der Waals surface area contributed by atoms with Crippen LogP contribution in [0.1, 0.15) is 55.6 Å². The van der Waals surface area contributed by atoms with Crippen LogP contribution in [0, 0.1) is 0 Å². The summed E-state index contributed by atoms with van der Waals surface area (Å²) in [5.74, 6) is 0.466. The Kier molecular flexibility index (Phi) is 5.39. The van der Waals surface area contributed by atoms with Gasteiger partial charge in [0.25, 0.3) is 5.91 Å². The Morgan fingerprint density at radius 3 is 2.52 bits per heavy atom. The molecule has 1 fully saturated rings. The summed E-state index contributed by atoms with van der Waals surface area (Å²) in [6, 6.07) is 15.9. The van der Waals surface area contributed by atoms with E-state index in [4.69, 9.17) is 4.74 Å². The Balaban J connectivity index is 1.63. The molecule has 0 bridgehead atoms. The molecule has 2 amide bonds. The summed E-state index contributed by atoms with van der Waals surface area (Å²) in [6.07, 6.45) is 5.18. The van der Waals surface area contributed by atoms with Crippen molar-refractivity contribution in [3.63, 3.8) is 0 Å². The zero-order chi connectivity index (χ0) is 23.2. The average Bonchev–Trinajstić information content (AvgIpc) is 3.47. The fraction of sp³-hybridized carbons (Fsp3) is 0.407. The molecule has 0 spiro atoms. The number of carbonyl (C=O) groups excluding carboxylic acids is 2. The SMILES string of the molecule is CCc1ccc(N2C(=O)c3cc4ccc(OC)cc4n3C[C@]2(C)C(=O)NC2CCCC2)cc1. The molecule has 1 atom stereocenters. The third-order valence-corrected chi connectivity index (χ3v) is 7.28. The highest BCUT2D eigenvalue weighted by atomic mass is 16.5. The van der Waals surface area contributed by atoms with Crippen LogP contribution in [-0.4, -0.2) is 35.1 Å². The summed E-state index contributed by atoms with van der Waals surface area (Å²) in [6.45, 7) is 4.36. The maximum atomic E-state index is 13.9. The second-order valence-electron chi connectivity index (χ2n) is 9.43. The fourth-order valence-electron chi connectivity index (χ4n) is 5.29. The van der Waals surface area contributed by atoms with E-state index in [-0.39, 0.29) is 17.9 Å². The minimum absolute atomic E-state index is 0.0993. The molecule has 1 aliphatic heterocycles. The molecule has 0 radical (unpaired) electrons. The molecule has 33 heavy (non-hydrogen) atoms. The van der Waals surface area contributed by atoms with E-state index in [9.17, 15) is 9.59 Å². The Labute approximate surface area is 194 Å². The molecule has 0 saturated heterocycles. The smallest absolute Gasteiger partial charge is 0.275 e. The highest BCUT2D eigenvalue weighted by molar-refractivity contribution is 6.14. The molecule has 2 aliphatic rings. The molecule has 5 rings (SSSR count). The highest BCUT2D eigenvalue weighted by Crippen LogP contribution is 2.37. The first-order valence-electron chi connectivity index (χ1n) is 11.9. The van der Waals surface area contributed by atoms with Gasteiger partial charge in [-0.1, -0.05) is 31.9 Å². The van der Waals surface area contributed by atoms with Crippen molar-refractivity contribution in [3.05, 3.63) is 59.8 Å². The van der Waals surface area contributed by atoms with Gasteiger partial charge in [0, 0.05) is 23.2 Å². The van der Waals surface area contributed by atoms with Gasteiger partial charge in [-0.2, -0.15) is 0 Å². The van der Waals surface area contributed by atoms with Crippen molar-refractivity contribution in [2.24, 2.45) is 0 Å². The Morgan fingerprint density at radius 1 is 1.12 bits per heavy atom. The average molecular weight is 446 g/mol. The van der Waals surface area contributed by atoms with Gasteiger partial charge in [-0.25, -0.2) is 0 Å². The molecule has 6 heteroatoms. The Bertz CT molecular complexity index is 1210. The number of methoxy groups -OCH3 is 1. The van der Waals surface area contributed by atoms with Gasteiger partial charge in [0.1, 0.15) is 17.0 Å². The first-order valence-corrected chi connectivity index (χ1v) is 11.9. The van der Waals surface area contributed by atoms with E-state index >= 15 is 0 Å². The topological polar surface area (TPSA) is 63.6 Å². The number of hydrogen-bond donors (Lipinski definition) is 1. The predicted molar refractivity (Wildman–Crippen MR) is 130 cm³/mol. The van der Waals surface area contributed by atoms with Crippen molar-refractivity contribution in [2.75, 3.05) is 12.0 Å². The summed E-state index contributed by atoms with van der Waals surface area (Å²) >= 11 is 0. The van der Waals surface area contributed by atoms with Crippen molar-refractivity contribution >= 4 is 28.4 Å². The molecule has 0 unspecified atom stereocenters. The van der Waals surface area contributed by atoms with Crippen molar-refractivity contribution in [2.45, 2.75) is 64.1 Å². The predicted octanol–water partition coefficient (Wildman–Crippen LogP) is 4.69. The number of fused-ring (bicyclic) bond motifs is 3. The molecule has 2 heterocycles. The quantitative estimate of drug-likeness (QED) is 0.620. The number of aryl methyl sites for hydroxylation is 1. The molecule has 1 aromatic heterocycles. The van der Waals surface area contributed by atoms with Crippen LogP contribution in [0.5, 0.6) is 5.75 Å². The third kappa shape index (κ3) is 3.58. The molecular weight excluding hydrogens is 414 g/mol. The lowest BCUT2D eigenvalue weighted by molar-refractivity contribution is -0.127. The van der Waals surface area contributed by atoms with Gasteiger partial charge < -0.3 is 14.6 Å². The number of nitrogens with one attached hydrogen (secondary N) is 1. The zero-order valence-electron chi connectivity index (χ0n) is 19.6. The van der Waals surface area contributed by atoms with Crippen LogP contribution in [0.4, 0.5) is 5.69 Å². The largest absolute Gasteiger partial charge is 0.497 e. The number of aromatic nitrogens is 1. The number of benzene rings is 2. The standard InChI is InChI=1S/C27H31N3O3/c1-4-18-9-12-21(13-10-18)30-25(31)24-15-19-11-14-22(33-3)16-23(19)29(24)17-27(30,2)26(32)28-20-7-5-6-8-20/h9-16,20H,4-8,17H2,1-3H3,(H,28,32)/t27-/m1/s1. The monoisotopic (exact) mass is 445 g/mol. The maximum absolute atomic E-state index is 13.9. The lowest BCUT2D eigenvalue weighted by Gasteiger charge is -2.44. The van der Waals surface area contributed by atoms with Gasteiger partial charge in [0.15, 0.2) is 0 Å². The van der Waals surface area contributed by atoms with Gasteiger partial charge in [0.05, 0.1) is 19.2 Å². The van der Waals surface area contributed by atoms with Gasteiger partial charge in [-0.3, -0.25) is 14.5 Å². The lowest BCUT2D eigenvalue weighted by Crippen LogP contribution is -2.65. The molecule has 6 nitrogen and oxygen atoms in total. The summed E-state index contributed by atoms with van der Waals surface area (Å²) in [7, 11) is 1.63. The number of ether oxygens (including phenoxy) is 1. The number of carbonyl (C=O) groups is 2. The molecule has 1 saturated carbocycles. The van der Waals surface area contributed by atoms with E-state index in [1.165, 1.54) is 5.56 Å². The van der Waals surface area contributed by atoms with Crippen LogP contribution in [0.3, 0.4) is 0 Å². The summed E-state index contributed by atoms with van der Waals surface area (Å²) in [4.78, 5) is 29.4. The molecular formula is C27H31N3O3. The van der Waals surface area contributed by atoms with Crippen LogP contribution in [0.15, 0.2) is 48.5 Å². The van der Waals surface area contributed by atoms with Crippen LogP contribution >= 0.6 is 0 Å². The second-order valence-corrected chi connectivity index (χ2v) is 9.43. The molecule has 1 N–H and O–H groups in total. The van der Waals surface area contributed by atoms with Gasteiger partial charge in [0.2, 0.25) is 5.91 Å². The number of nitrogens with zero attached hydrogens (tertiary/aromatic N) is 2. The third-order valence-electron chi connectivity index (χ3n) is 7.28. The van der Waals surface area contributed by atoms with E-state index in [0.717, 1.165) is 54.4 Å². The summed E-state index contributed by atoms with van der Waals surface area (Å²) in [5, 5.41) is 4.21. The van der Waals surface area contributed by atoms with E-state index in [1.54, 1.807) is 12.0 Å². The van der Waals surface area contributed by atoms with Crippen molar-refractivity contribution in [1.29, 1.82) is 0 Å². The summed E-state index contributed by atoms with van der Waals surface area (Å²) in [5.41, 5.74) is 2.37. The molecule has 3 aromatic rings. The van der Waals surface area contributed by atoms with Crippen molar-refractivity contribution in [3.8, 4) is 5.75 Å². The van der Waals surface area contributed by atoms with Crippen LogP contribution in [-0.2, 0) is 17.8 Å². The van der Waals surface area contributed by atoms with Gasteiger partial charge >= 0.3 is 0 Å². The Hall–Kier alpha value is -3.28. The first-order chi connectivity index (χ1) is 15.9. The zero-order valence-corrected chi connectivity index (χ0v) is 19.6. The molecule has 2 aromatic carbocycles. The minimum Gasteiger partial charge on any atom is -0.497 e. The van der Waals surface area contributed by atoms with E-state index in [1.807, 2.05) is 60.0 Å². The molecule has 1 aliphatic carbocycles. The van der Waals surface area contributed by atoms with E-state index < -0.39 is 5.54 Å². The number of rotatable bonds is 5. The van der Waals surface area contributed by atoms with Gasteiger partial charge in [-0.05, 0) is 62.1 Å². The Morgan fingerprint density at radius 2 is 1.85 bits per heavy atom. The first kappa shape index (κ1) is 21.6. The number of anilines is 1. The number of hydrogen-bond acceptors (Lipinski definition) is 3. The highest BCUT2D eigenvalue weighted by Gasteiger charge is 2.49. The van der Waals surface area contributed by atoms with E-state index in [0.29, 0.717) is 12.2 Å². The normalized spacial score (nSPS) is 20.8. The van der Waals surface area contributed by atoms with Gasteiger partial charge in [-0.15, -0.1) is 0 Å². The van der Waals surface area contributed by atoms with Crippen LogP contribution in [0.25, 0.3) is 10.9 Å².